The van der Waals surface area contributed by atoms with Crippen molar-refractivity contribution < 1.29 is 18.8 Å². The molecular weight excluding hydrogens is 260 g/mol. The number of hydrogen-bond acceptors (Lipinski definition) is 5. The molecule has 0 bridgehead atoms. The first kappa shape index (κ1) is 13.8. The third-order valence-corrected chi connectivity index (χ3v) is 2.49. The van der Waals surface area contributed by atoms with E-state index in [1.54, 1.807) is 37.3 Å². The average molecular weight is 274 g/mol. The predicted molar refractivity (Wildman–Crippen MR) is 69.8 cm³/mol. The van der Waals surface area contributed by atoms with Crippen LogP contribution in [0.4, 0.5) is 0 Å². The van der Waals surface area contributed by atoms with Gasteiger partial charge in [-0.3, -0.25) is 9.59 Å². The summed E-state index contributed by atoms with van der Waals surface area (Å²) in [6.07, 6.45) is 0. The van der Waals surface area contributed by atoms with Crippen LogP contribution in [-0.2, 0) is 16.1 Å². The fraction of sp³-hybridized carbons (Fsp3) is 0.214. The molecule has 0 aliphatic rings. The number of aromatic nitrogens is 1. The van der Waals surface area contributed by atoms with Gasteiger partial charge in [-0.15, -0.1) is 0 Å². The number of carbonyl (C=O) groups excluding carboxylic acids is 2. The van der Waals surface area contributed by atoms with Crippen molar-refractivity contribution in [2.24, 2.45) is 0 Å². The second-order valence-electron chi connectivity index (χ2n) is 4.14. The van der Waals surface area contributed by atoms with Crippen LogP contribution in [0.15, 0.2) is 40.9 Å². The van der Waals surface area contributed by atoms with Crippen molar-refractivity contribution in [3.63, 3.8) is 0 Å². The van der Waals surface area contributed by atoms with Gasteiger partial charge in [0.1, 0.15) is 24.6 Å². The van der Waals surface area contributed by atoms with Crippen molar-refractivity contribution in [2.45, 2.75) is 13.5 Å². The summed E-state index contributed by atoms with van der Waals surface area (Å²) in [7, 11) is 0. The normalized spacial score (nSPS) is 10.1. The van der Waals surface area contributed by atoms with E-state index in [-0.39, 0.29) is 19.1 Å². The maximum absolute atomic E-state index is 11.7. The van der Waals surface area contributed by atoms with Crippen LogP contribution in [0.2, 0.25) is 0 Å². The molecule has 0 saturated heterocycles. The summed E-state index contributed by atoms with van der Waals surface area (Å²) in [4.78, 5) is 23.1. The lowest BCUT2D eigenvalue weighted by molar-refractivity contribution is -0.143. The molecule has 2 aromatic rings. The van der Waals surface area contributed by atoms with Crippen molar-refractivity contribution >= 4 is 11.9 Å². The zero-order chi connectivity index (χ0) is 14.4. The highest BCUT2D eigenvalue weighted by Gasteiger charge is 2.09. The van der Waals surface area contributed by atoms with Gasteiger partial charge in [0.15, 0.2) is 0 Å². The lowest BCUT2D eigenvalue weighted by Crippen LogP contribution is -2.30. The summed E-state index contributed by atoms with van der Waals surface area (Å²) in [5.41, 5.74) is 1.03. The topological polar surface area (TPSA) is 81.4 Å². The number of esters is 1. The highest BCUT2D eigenvalue weighted by Crippen LogP contribution is 2.03. The Hall–Kier alpha value is -2.63. The van der Waals surface area contributed by atoms with Gasteiger partial charge in [0.25, 0.3) is 5.91 Å². The SMILES string of the molecule is Cc1cc(COC(=O)CNC(=O)c2ccccc2)no1. The van der Waals surface area contributed by atoms with Crippen molar-refractivity contribution in [1.29, 1.82) is 0 Å². The second kappa shape index (κ2) is 6.51. The number of nitrogens with one attached hydrogen (secondary N) is 1. The molecule has 1 amide bonds. The first-order valence-electron chi connectivity index (χ1n) is 6.06. The van der Waals surface area contributed by atoms with Crippen LogP contribution in [-0.4, -0.2) is 23.6 Å². The highest BCUT2D eigenvalue weighted by molar-refractivity contribution is 5.95. The predicted octanol–water partition coefficient (Wildman–Crippen LogP) is 1.46. The summed E-state index contributed by atoms with van der Waals surface area (Å²) in [6.45, 7) is 1.58. The largest absolute Gasteiger partial charge is 0.458 e. The molecule has 0 radical (unpaired) electrons. The van der Waals surface area contributed by atoms with Gasteiger partial charge in [0.2, 0.25) is 0 Å². The molecule has 1 aromatic heterocycles. The van der Waals surface area contributed by atoms with Crippen LogP contribution >= 0.6 is 0 Å². The second-order valence-corrected chi connectivity index (χ2v) is 4.14. The molecule has 104 valence electrons. The Kier molecular flexibility index (Phi) is 4.49. The lowest BCUT2D eigenvalue weighted by Gasteiger charge is -2.05. The Morgan fingerprint density at radius 2 is 2.05 bits per heavy atom. The zero-order valence-electron chi connectivity index (χ0n) is 11.0. The number of carbonyl (C=O) groups is 2. The molecule has 0 fully saturated rings. The molecule has 0 aliphatic carbocycles. The standard InChI is InChI=1S/C14H14N2O4/c1-10-7-12(16-20-10)9-19-13(17)8-15-14(18)11-5-3-2-4-6-11/h2-7H,8-9H2,1H3,(H,15,18). The first-order chi connectivity index (χ1) is 9.65. The van der Waals surface area contributed by atoms with Crippen LogP contribution < -0.4 is 5.32 Å². The molecule has 0 saturated carbocycles. The summed E-state index contributed by atoms with van der Waals surface area (Å²) < 4.78 is 9.79. The molecular formula is C14H14N2O4. The molecule has 0 spiro atoms. The van der Waals surface area contributed by atoms with E-state index in [4.69, 9.17) is 9.26 Å². The Morgan fingerprint density at radius 1 is 1.30 bits per heavy atom. The van der Waals surface area contributed by atoms with Crippen molar-refractivity contribution in [1.82, 2.24) is 10.5 Å². The highest BCUT2D eigenvalue weighted by atomic mass is 16.5. The third-order valence-electron chi connectivity index (χ3n) is 2.49. The van der Waals surface area contributed by atoms with E-state index in [1.807, 2.05) is 6.07 Å². The number of rotatable bonds is 5. The van der Waals surface area contributed by atoms with E-state index in [1.165, 1.54) is 0 Å². The number of amides is 1. The van der Waals surface area contributed by atoms with E-state index in [0.717, 1.165) is 0 Å². The Morgan fingerprint density at radius 3 is 2.70 bits per heavy atom. The van der Waals surface area contributed by atoms with E-state index >= 15 is 0 Å². The van der Waals surface area contributed by atoms with Crippen molar-refractivity contribution in [2.75, 3.05) is 6.54 Å². The van der Waals surface area contributed by atoms with Gasteiger partial charge in [0.05, 0.1) is 0 Å². The summed E-state index contributed by atoms with van der Waals surface area (Å²) in [6, 6.07) is 10.3. The Bertz CT molecular complexity index is 592. The van der Waals surface area contributed by atoms with Gasteiger partial charge < -0.3 is 14.6 Å². The van der Waals surface area contributed by atoms with Gasteiger partial charge in [-0.2, -0.15) is 0 Å². The fourth-order valence-corrected chi connectivity index (χ4v) is 1.54. The third kappa shape index (κ3) is 3.94. The van der Waals surface area contributed by atoms with Crippen LogP contribution in [0.5, 0.6) is 0 Å². The molecule has 6 heteroatoms. The Balaban J connectivity index is 1.74. The molecule has 6 nitrogen and oxygen atoms in total. The van der Waals surface area contributed by atoms with Crippen molar-refractivity contribution in [3.05, 3.63) is 53.4 Å². The van der Waals surface area contributed by atoms with E-state index in [9.17, 15) is 9.59 Å². The fourth-order valence-electron chi connectivity index (χ4n) is 1.54. The van der Waals surface area contributed by atoms with Crippen LogP contribution in [0.3, 0.4) is 0 Å². The number of benzene rings is 1. The average Bonchev–Trinajstić information content (AvgIpc) is 2.89. The van der Waals surface area contributed by atoms with Crippen molar-refractivity contribution in [3.8, 4) is 0 Å². The zero-order valence-corrected chi connectivity index (χ0v) is 11.0. The maximum atomic E-state index is 11.7. The number of ether oxygens (including phenoxy) is 1. The lowest BCUT2D eigenvalue weighted by atomic mass is 10.2. The van der Waals surface area contributed by atoms with Crippen LogP contribution in [0, 0.1) is 6.92 Å². The van der Waals surface area contributed by atoms with Crippen LogP contribution in [0.1, 0.15) is 21.8 Å². The van der Waals surface area contributed by atoms with E-state index in [2.05, 4.69) is 10.5 Å². The number of hydrogen-bond donors (Lipinski definition) is 1. The first-order valence-corrected chi connectivity index (χ1v) is 6.06. The van der Waals surface area contributed by atoms with E-state index < -0.39 is 5.97 Å². The monoisotopic (exact) mass is 274 g/mol. The molecule has 2 rings (SSSR count). The smallest absolute Gasteiger partial charge is 0.325 e. The van der Waals surface area contributed by atoms with Gasteiger partial charge in [-0.1, -0.05) is 23.4 Å². The molecule has 1 aromatic carbocycles. The minimum Gasteiger partial charge on any atom is -0.458 e. The number of aryl methyl sites for hydroxylation is 1. The van der Waals surface area contributed by atoms with Gasteiger partial charge in [-0.05, 0) is 19.1 Å². The molecule has 20 heavy (non-hydrogen) atoms. The summed E-state index contributed by atoms with van der Waals surface area (Å²) in [5.74, 6) is -0.205. The van der Waals surface area contributed by atoms with E-state index in [0.29, 0.717) is 17.0 Å². The minimum atomic E-state index is -0.532. The Labute approximate surface area is 115 Å². The number of nitrogens with zero attached hydrogens (tertiary/aromatic N) is 1. The molecule has 0 atom stereocenters. The molecule has 0 unspecified atom stereocenters. The summed E-state index contributed by atoms with van der Waals surface area (Å²) in [5, 5.41) is 6.17. The van der Waals surface area contributed by atoms with Crippen LogP contribution in [0.25, 0.3) is 0 Å². The maximum Gasteiger partial charge on any atom is 0.325 e. The van der Waals surface area contributed by atoms with Gasteiger partial charge in [0, 0.05) is 11.6 Å². The quantitative estimate of drug-likeness (QED) is 0.835. The molecule has 1 N–H and O–H groups in total. The summed E-state index contributed by atoms with van der Waals surface area (Å²) >= 11 is 0. The molecule has 1 heterocycles. The van der Waals surface area contributed by atoms with Gasteiger partial charge in [-0.25, -0.2) is 0 Å². The minimum absolute atomic E-state index is 0.0252. The van der Waals surface area contributed by atoms with Gasteiger partial charge >= 0.3 is 5.97 Å². The molecule has 0 aliphatic heterocycles.